The third-order valence-corrected chi connectivity index (χ3v) is 2.71. The fraction of sp³-hybridized carbons (Fsp3) is 0.0769. The molecule has 0 unspecified atom stereocenters. The molecule has 2 heterocycles. The van der Waals surface area contributed by atoms with Crippen LogP contribution in [0.1, 0.15) is 5.69 Å². The molecule has 16 heavy (non-hydrogen) atoms. The van der Waals surface area contributed by atoms with E-state index in [4.69, 9.17) is 0 Å². The van der Waals surface area contributed by atoms with E-state index < -0.39 is 0 Å². The zero-order chi connectivity index (χ0) is 11.0. The van der Waals surface area contributed by atoms with Crippen molar-refractivity contribution in [3.63, 3.8) is 0 Å². The van der Waals surface area contributed by atoms with E-state index >= 15 is 0 Å². The first kappa shape index (κ1) is 9.09. The lowest BCUT2D eigenvalue weighted by atomic mass is 10.1. The van der Waals surface area contributed by atoms with Crippen LogP contribution in [0.15, 0.2) is 42.6 Å². The molecule has 3 nitrogen and oxygen atoms in total. The van der Waals surface area contributed by atoms with E-state index in [1.54, 1.807) is 6.20 Å². The monoisotopic (exact) mass is 209 g/mol. The van der Waals surface area contributed by atoms with Gasteiger partial charge >= 0.3 is 0 Å². The van der Waals surface area contributed by atoms with Crippen LogP contribution in [-0.4, -0.2) is 15.2 Å². The van der Waals surface area contributed by atoms with Crippen molar-refractivity contribution >= 4 is 10.9 Å². The highest BCUT2D eigenvalue weighted by Gasteiger charge is 2.05. The van der Waals surface area contributed by atoms with Crippen molar-refractivity contribution in [1.82, 2.24) is 15.2 Å². The van der Waals surface area contributed by atoms with Gasteiger partial charge in [0.05, 0.1) is 11.2 Å². The highest BCUT2D eigenvalue weighted by Crippen LogP contribution is 2.24. The second-order valence-corrected chi connectivity index (χ2v) is 3.78. The number of hydrogen-bond acceptors (Lipinski definition) is 2. The van der Waals surface area contributed by atoms with Gasteiger partial charge in [-0.2, -0.15) is 5.10 Å². The molecule has 0 saturated heterocycles. The van der Waals surface area contributed by atoms with Crippen molar-refractivity contribution in [3.8, 4) is 11.3 Å². The Balaban J connectivity index is 2.30. The van der Waals surface area contributed by atoms with Gasteiger partial charge in [0.2, 0.25) is 0 Å². The van der Waals surface area contributed by atoms with Crippen LogP contribution in [0.3, 0.4) is 0 Å². The smallest absolute Gasteiger partial charge is 0.0705 e. The number of para-hydroxylation sites is 1. The number of fused-ring (bicyclic) bond motifs is 1. The standard InChI is InChI=1S/C13H11N3/c1-9-11(13-6-7-14-16-13)8-10-4-2-3-5-12(10)15-9/h2-8H,1H3,(H,14,16). The van der Waals surface area contributed by atoms with Crippen LogP contribution in [-0.2, 0) is 0 Å². The fourth-order valence-corrected chi connectivity index (χ4v) is 1.89. The maximum atomic E-state index is 4.58. The number of aromatic nitrogens is 3. The first-order valence-electron chi connectivity index (χ1n) is 5.21. The van der Waals surface area contributed by atoms with Gasteiger partial charge in [-0.1, -0.05) is 18.2 Å². The van der Waals surface area contributed by atoms with Crippen molar-refractivity contribution in [2.45, 2.75) is 6.92 Å². The molecule has 0 aliphatic heterocycles. The summed E-state index contributed by atoms with van der Waals surface area (Å²) in [5, 5.41) is 8.09. The van der Waals surface area contributed by atoms with Crippen molar-refractivity contribution in [2.24, 2.45) is 0 Å². The van der Waals surface area contributed by atoms with Crippen LogP contribution in [0.2, 0.25) is 0 Å². The average molecular weight is 209 g/mol. The Labute approximate surface area is 93.2 Å². The maximum Gasteiger partial charge on any atom is 0.0705 e. The number of rotatable bonds is 1. The minimum atomic E-state index is 1.01. The molecule has 3 heteroatoms. The van der Waals surface area contributed by atoms with Gasteiger partial charge in [0.1, 0.15) is 0 Å². The van der Waals surface area contributed by atoms with E-state index in [2.05, 4.69) is 27.3 Å². The average Bonchev–Trinajstić information content (AvgIpc) is 2.81. The molecule has 0 aliphatic carbocycles. The van der Waals surface area contributed by atoms with Gasteiger partial charge < -0.3 is 0 Å². The number of aromatic amines is 1. The van der Waals surface area contributed by atoms with Gasteiger partial charge in [-0.3, -0.25) is 10.1 Å². The summed E-state index contributed by atoms with van der Waals surface area (Å²) in [7, 11) is 0. The molecule has 0 aliphatic rings. The molecular formula is C13H11N3. The molecule has 78 valence electrons. The zero-order valence-electron chi connectivity index (χ0n) is 8.94. The molecule has 0 atom stereocenters. The molecule has 1 aromatic carbocycles. The molecule has 0 saturated carbocycles. The largest absolute Gasteiger partial charge is 0.278 e. The van der Waals surface area contributed by atoms with Gasteiger partial charge in [-0.25, -0.2) is 0 Å². The number of aryl methyl sites for hydroxylation is 1. The summed E-state index contributed by atoms with van der Waals surface area (Å²) in [6.45, 7) is 2.02. The number of hydrogen-bond donors (Lipinski definition) is 1. The highest BCUT2D eigenvalue weighted by atomic mass is 15.1. The summed E-state index contributed by atoms with van der Waals surface area (Å²) in [4.78, 5) is 4.58. The van der Waals surface area contributed by atoms with Gasteiger partial charge in [-0.05, 0) is 25.1 Å². The number of nitrogens with one attached hydrogen (secondary N) is 1. The summed E-state index contributed by atoms with van der Waals surface area (Å²) in [5.41, 5.74) is 4.16. The number of benzene rings is 1. The van der Waals surface area contributed by atoms with E-state index in [1.807, 2.05) is 31.2 Å². The molecule has 3 rings (SSSR count). The summed E-state index contributed by atoms with van der Waals surface area (Å²) in [6.07, 6.45) is 1.75. The molecule has 0 spiro atoms. The number of H-pyrrole nitrogens is 1. The lowest BCUT2D eigenvalue weighted by molar-refractivity contribution is 1.09. The van der Waals surface area contributed by atoms with Crippen molar-refractivity contribution in [2.75, 3.05) is 0 Å². The molecule has 0 bridgehead atoms. The van der Waals surface area contributed by atoms with E-state index in [0.29, 0.717) is 0 Å². The minimum absolute atomic E-state index is 1.01. The van der Waals surface area contributed by atoms with Crippen molar-refractivity contribution in [1.29, 1.82) is 0 Å². The third-order valence-electron chi connectivity index (χ3n) is 2.71. The second kappa shape index (κ2) is 3.45. The lowest BCUT2D eigenvalue weighted by Crippen LogP contribution is -1.89. The van der Waals surface area contributed by atoms with Crippen LogP contribution < -0.4 is 0 Å². The van der Waals surface area contributed by atoms with Crippen LogP contribution in [0.5, 0.6) is 0 Å². The molecule has 0 amide bonds. The third kappa shape index (κ3) is 1.37. The van der Waals surface area contributed by atoms with Crippen LogP contribution in [0, 0.1) is 6.92 Å². The Kier molecular flexibility index (Phi) is 1.96. The quantitative estimate of drug-likeness (QED) is 0.669. The summed E-state index contributed by atoms with van der Waals surface area (Å²) >= 11 is 0. The maximum absolute atomic E-state index is 4.58. The first-order valence-corrected chi connectivity index (χ1v) is 5.21. The van der Waals surface area contributed by atoms with Gasteiger partial charge in [-0.15, -0.1) is 0 Å². The SMILES string of the molecule is Cc1nc2ccccc2cc1-c1ccn[nH]1. The Hall–Kier alpha value is -2.16. The summed E-state index contributed by atoms with van der Waals surface area (Å²) < 4.78 is 0. The molecule has 0 radical (unpaired) electrons. The molecular weight excluding hydrogens is 198 g/mol. The van der Waals surface area contributed by atoms with E-state index in [0.717, 1.165) is 27.9 Å². The van der Waals surface area contributed by atoms with Gasteiger partial charge in [0.25, 0.3) is 0 Å². The Morgan fingerprint density at radius 1 is 1.12 bits per heavy atom. The number of nitrogens with zero attached hydrogens (tertiary/aromatic N) is 2. The van der Waals surface area contributed by atoms with Crippen molar-refractivity contribution in [3.05, 3.63) is 48.3 Å². The predicted octanol–water partition coefficient (Wildman–Crippen LogP) is 2.93. The van der Waals surface area contributed by atoms with Crippen LogP contribution in [0.25, 0.3) is 22.2 Å². The Morgan fingerprint density at radius 2 is 2.00 bits per heavy atom. The fourth-order valence-electron chi connectivity index (χ4n) is 1.89. The first-order chi connectivity index (χ1) is 7.84. The minimum Gasteiger partial charge on any atom is -0.278 e. The van der Waals surface area contributed by atoms with E-state index in [-0.39, 0.29) is 0 Å². The molecule has 3 aromatic rings. The molecule has 0 fully saturated rings. The number of pyridine rings is 1. The predicted molar refractivity (Wildman–Crippen MR) is 64.1 cm³/mol. The topological polar surface area (TPSA) is 41.6 Å². The zero-order valence-corrected chi connectivity index (χ0v) is 8.94. The second-order valence-electron chi connectivity index (χ2n) is 3.78. The van der Waals surface area contributed by atoms with E-state index in [9.17, 15) is 0 Å². The van der Waals surface area contributed by atoms with Crippen molar-refractivity contribution < 1.29 is 0 Å². The normalized spacial score (nSPS) is 10.8. The Bertz CT molecular complexity index is 627. The highest BCUT2D eigenvalue weighted by molar-refractivity contribution is 5.84. The summed E-state index contributed by atoms with van der Waals surface area (Å²) in [5.74, 6) is 0. The van der Waals surface area contributed by atoms with Crippen LogP contribution in [0.4, 0.5) is 0 Å². The molecule has 2 aromatic heterocycles. The van der Waals surface area contributed by atoms with Crippen LogP contribution >= 0.6 is 0 Å². The van der Waals surface area contributed by atoms with Gasteiger partial charge in [0.15, 0.2) is 0 Å². The van der Waals surface area contributed by atoms with E-state index in [1.165, 1.54) is 0 Å². The summed E-state index contributed by atoms with van der Waals surface area (Å²) in [6, 6.07) is 12.2. The van der Waals surface area contributed by atoms with Gasteiger partial charge in [0, 0.05) is 22.8 Å². The Morgan fingerprint density at radius 3 is 2.81 bits per heavy atom. The lowest BCUT2D eigenvalue weighted by Gasteiger charge is -2.05. The molecule has 1 N–H and O–H groups in total.